The normalized spacial score (nSPS) is 15.0. The van der Waals surface area contributed by atoms with Crippen LogP contribution in [0.4, 0.5) is 5.69 Å². The average molecular weight is 392 g/mol. The third-order valence-corrected chi connectivity index (χ3v) is 5.94. The van der Waals surface area contributed by atoms with Crippen molar-refractivity contribution in [3.63, 3.8) is 0 Å². The number of carbonyl (C=O) groups excluding carboxylic acids is 1. The van der Waals surface area contributed by atoms with Crippen LogP contribution in [0.2, 0.25) is 0 Å². The average Bonchev–Trinajstić information content (AvgIpc) is 3.10. The van der Waals surface area contributed by atoms with Crippen LogP contribution in [0, 0.1) is 0 Å². The molecule has 1 aromatic heterocycles. The third-order valence-electron chi connectivity index (χ3n) is 4.56. The van der Waals surface area contributed by atoms with Crippen LogP contribution in [0.1, 0.15) is 16.1 Å². The Morgan fingerprint density at radius 2 is 1.85 bits per heavy atom. The van der Waals surface area contributed by atoms with Gasteiger partial charge in [-0.25, -0.2) is 13.1 Å². The Kier molecular flexibility index (Phi) is 5.83. The summed E-state index contributed by atoms with van der Waals surface area (Å²) >= 11 is 0. The van der Waals surface area contributed by atoms with Crippen molar-refractivity contribution in [1.82, 2.24) is 14.6 Å². The minimum Gasteiger partial charge on any atom is -0.378 e. The molecule has 3 rings (SSSR count). The van der Waals surface area contributed by atoms with Gasteiger partial charge in [0, 0.05) is 38.6 Å². The van der Waals surface area contributed by atoms with Crippen LogP contribution in [-0.2, 0) is 28.4 Å². The molecule has 0 radical (unpaired) electrons. The first-order chi connectivity index (χ1) is 12.9. The number of hydrogen-bond donors (Lipinski definition) is 2. The van der Waals surface area contributed by atoms with Crippen molar-refractivity contribution in [3.8, 4) is 0 Å². The van der Waals surface area contributed by atoms with E-state index in [0.717, 1.165) is 37.6 Å². The summed E-state index contributed by atoms with van der Waals surface area (Å²) in [5.74, 6) is -0.327. The molecule has 9 heteroatoms. The molecule has 2 N–H and O–H groups in total. The molecule has 1 saturated heterocycles. The molecule has 1 fully saturated rings. The van der Waals surface area contributed by atoms with Crippen molar-refractivity contribution < 1.29 is 17.9 Å². The second kappa shape index (κ2) is 8.12. The van der Waals surface area contributed by atoms with Gasteiger partial charge < -0.3 is 19.5 Å². The first-order valence-corrected chi connectivity index (χ1v) is 10.2. The van der Waals surface area contributed by atoms with Gasteiger partial charge in [0.2, 0.25) is 10.0 Å². The Morgan fingerprint density at radius 3 is 2.48 bits per heavy atom. The molecule has 1 aliphatic heterocycles. The summed E-state index contributed by atoms with van der Waals surface area (Å²) < 4.78 is 32.8. The van der Waals surface area contributed by atoms with Gasteiger partial charge in [-0.2, -0.15) is 0 Å². The lowest BCUT2D eigenvalue weighted by Crippen LogP contribution is -2.36. The van der Waals surface area contributed by atoms with E-state index in [-0.39, 0.29) is 16.5 Å². The van der Waals surface area contributed by atoms with E-state index in [9.17, 15) is 13.2 Å². The van der Waals surface area contributed by atoms with Crippen LogP contribution in [0.25, 0.3) is 0 Å². The molecular weight excluding hydrogens is 368 g/mol. The van der Waals surface area contributed by atoms with Gasteiger partial charge >= 0.3 is 0 Å². The largest absolute Gasteiger partial charge is 0.378 e. The number of nitrogens with one attached hydrogen (secondary N) is 2. The van der Waals surface area contributed by atoms with E-state index in [1.807, 2.05) is 24.3 Å². The van der Waals surface area contributed by atoms with Gasteiger partial charge in [0.1, 0.15) is 10.6 Å². The zero-order valence-corrected chi connectivity index (χ0v) is 16.3. The zero-order chi connectivity index (χ0) is 19.4. The van der Waals surface area contributed by atoms with E-state index < -0.39 is 10.0 Å². The smallest absolute Gasteiger partial charge is 0.268 e. The van der Waals surface area contributed by atoms with E-state index in [1.165, 1.54) is 23.9 Å². The maximum Gasteiger partial charge on any atom is 0.268 e. The standard InChI is InChI=1S/C18H24N4O4S/c1-19-27(24,25)16-11-17(21(2)13-16)18(23)20-12-14-3-5-15(6-4-14)22-7-9-26-10-8-22/h3-6,11,13,19H,7-10,12H2,1-2H3,(H,20,23). The zero-order valence-electron chi connectivity index (χ0n) is 15.4. The molecule has 0 saturated carbocycles. The highest BCUT2D eigenvalue weighted by Gasteiger charge is 2.19. The molecule has 8 nitrogen and oxygen atoms in total. The van der Waals surface area contributed by atoms with Gasteiger partial charge in [-0.05, 0) is 30.8 Å². The molecule has 0 aliphatic carbocycles. The minimum absolute atomic E-state index is 0.0625. The number of morpholine rings is 1. The van der Waals surface area contributed by atoms with E-state index in [2.05, 4.69) is 14.9 Å². The first kappa shape index (κ1) is 19.4. The lowest BCUT2D eigenvalue weighted by molar-refractivity contribution is 0.0942. The van der Waals surface area contributed by atoms with E-state index in [4.69, 9.17) is 4.74 Å². The number of ether oxygens (including phenoxy) is 1. The van der Waals surface area contributed by atoms with Gasteiger partial charge in [0.15, 0.2) is 0 Å². The highest BCUT2D eigenvalue weighted by molar-refractivity contribution is 7.89. The number of benzene rings is 1. The fourth-order valence-electron chi connectivity index (χ4n) is 2.94. The monoisotopic (exact) mass is 392 g/mol. The topological polar surface area (TPSA) is 92.7 Å². The number of amides is 1. The first-order valence-electron chi connectivity index (χ1n) is 8.70. The maximum atomic E-state index is 12.4. The van der Waals surface area contributed by atoms with Crippen LogP contribution in [-0.4, -0.2) is 52.2 Å². The summed E-state index contributed by atoms with van der Waals surface area (Å²) in [6.45, 7) is 3.59. The maximum absolute atomic E-state index is 12.4. The van der Waals surface area contributed by atoms with Gasteiger partial charge in [-0.1, -0.05) is 12.1 Å². The fraction of sp³-hybridized carbons (Fsp3) is 0.389. The van der Waals surface area contributed by atoms with E-state index in [0.29, 0.717) is 6.54 Å². The number of anilines is 1. The van der Waals surface area contributed by atoms with Gasteiger partial charge in [-0.15, -0.1) is 0 Å². The Hall–Kier alpha value is -2.36. The Balaban J connectivity index is 1.62. The van der Waals surface area contributed by atoms with Crippen LogP contribution >= 0.6 is 0 Å². The van der Waals surface area contributed by atoms with Crippen molar-refractivity contribution in [2.75, 3.05) is 38.3 Å². The minimum atomic E-state index is -3.58. The van der Waals surface area contributed by atoms with Crippen LogP contribution < -0.4 is 14.9 Å². The molecule has 146 valence electrons. The lowest BCUT2D eigenvalue weighted by atomic mass is 10.2. The fourth-order valence-corrected chi connectivity index (χ4v) is 3.74. The highest BCUT2D eigenvalue weighted by Crippen LogP contribution is 2.17. The number of carbonyl (C=O) groups is 1. The van der Waals surface area contributed by atoms with E-state index >= 15 is 0 Å². The highest BCUT2D eigenvalue weighted by atomic mass is 32.2. The molecular formula is C18H24N4O4S. The molecule has 0 unspecified atom stereocenters. The molecule has 0 atom stereocenters. The van der Waals surface area contributed by atoms with Crippen molar-refractivity contribution in [2.24, 2.45) is 7.05 Å². The molecule has 2 heterocycles. The molecule has 0 spiro atoms. The number of aryl methyl sites for hydroxylation is 1. The van der Waals surface area contributed by atoms with Crippen LogP contribution in [0.5, 0.6) is 0 Å². The molecule has 0 bridgehead atoms. The number of sulfonamides is 1. The third kappa shape index (κ3) is 4.49. The lowest BCUT2D eigenvalue weighted by Gasteiger charge is -2.28. The van der Waals surface area contributed by atoms with Crippen molar-refractivity contribution in [2.45, 2.75) is 11.4 Å². The molecule has 27 heavy (non-hydrogen) atoms. The second-order valence-electron chi connectivity index (χ2n) is 6.33. The van der Waals surface area contributed by atoms with Crippen LogP contribution in [0.15, 0.2) is 41.4 Å². The van der Waals surface area contributed by atoms with Crippen LogP contribution in [0.3, 0.4) is 0 Å². The summed E-state index contributed by atoms with van der Waals surface area (Å²) in [6, 6.07) is 9.39. The number of hydrogen-bond acceptors (Lipinski definition) is 5. The Morgan fingerprint density at radius 1 is 1.19 bits per heavy atom. The SMILES string of the molecule is CNS(=O)(=O)c1cc(C(=O)NCc2ccc(N3CCOCC3)cc2)n(C)c1. The predicted molar refractivity (Wildman–Crippen MR) is 102 cm³/mol. The summed E-state index contributed by atoms with van der Waals surface area (Å²) in [5.41, 5.74) is 2.39. The predicted octanol–water partition coefficient (Wildman–Crippen LogP) is 0.700. The Bertz CT molecular complexity index is 900. The molecule has 1 amide bonds. The van der Waals surface area contributed by atoms with Crippen molar-refractivity contribution in [1.29, 1.82) is 0 Å². The number of aromatic nitrogens is 1. The van der Waals surface area contributed by atoms with E-state index in [1.54, 1.807) is 7.05 Å². The number of nitrogens with zero attached hydrogens (tertiary/aromatic N) is 2. The molecule has 1 aromatic carbocycles. The van der Waals surface area contributed by atoms with Crippen molar-refractivity contribution in [3.05, 3.63) is 47.8 Å². The number of rotatable bonds is 6. The summed E-state index contributed by atoms with van der Waals surface area (Å²) in [4.78, 5) is 14.7. The van der Waals surface area contributed by atoms with Gasteiger partial charge in [0.05, 0.1) is 13.2 Å². The molecule has 2 aromatic rings. The molecule has 1 aliphatic rings. The van der Waals surface area contributed by atoms with Crippen molar-refractivity contribution >= 4 is 21.6 Å². The second-order valence-corrected chi connectivity index (χ2v) is 8.21. The summed E-state index contributed by atoms with van der Waals surface area (Å²) in [7, 11) is -0.605. The quantitative estimate of drug-likeness (QED) is 0.755. The summed E-state index contributed by atoms with van der Waals surface area (Å²) in [6.07, 6.45) is 1.41. The summed E-state index contributed by atoms with van der Waals surface area (Å²) in [5, 5.41) is 2.83. The van der Waals surface area contributed by atoms with Gasteiger partial charge in [0.25, 0.3) is 5.91 Å². The van der Waals surface area contributed by atoms with Gasteiger partial charge in [-0.3, -0.25) is 4.79 Å². The Labute approximate surface area is 159 Å².